The molecule has 3 rings (SSSR count). The lowest BCUT2D eigenvalue weighted by atomic mass is 10.2. The Morgan fingerprint density at radius 2 is 1.92 bits per heavy atom. The molecule has 2 N–H and O–H groups in total. The molecule has 0 saturated heterocycles. The van der Waals surface area contributed by atoms with Crippen molar-refractivity contribution in [2.24, 2.45) is 0 Å². The number of anilines is 1. The van der Waals surface area contributed by atoms with Crippen LogP contribution in [0.25, 0.3) is 10.6 Å². The first kappa shape index (κ1) is 18.1. The summed E-state index contributed by atoms with van der Waals surface area (Å²) in [5.41, 5.74) is 3.71. The number of thiazole rings is 1. The van der Waals surface area contributed by atoms with Crippen LogP contribution in [-0.4, -0.2) is 17.6 Å². The van der Waals surface area contributed by atoms with E-state index in [1.165, 1.54) is 12.1 Å². The third kappa shape index (κ3) is 4.67. The van der Waals surface area contributed by atoms with Gasteiger partial charge in [0, 0.05) is 29.1 Å². The number of hydrogen-bond acceptors (Lipinski definition) is 3. The van der Waals surface area contributed by atoms with Crippen LogP contribution in [-0.2, 0) is 6.42 Å². The van der Waals surface area contributed by atoms with E-state index < -0.39 is 0 Å². The summed E-state index contributed by atoms with van der Waals surface area (Å²) in [6, 6.07) is 13.8. The first-order valence-electron chi connectivity index (χ1n) is 8.35. The number of aryl methyl sites for hydroxylation is 2. The van der Waals surface area contributed by atoms with Crippen LogP contribution in [0.5, 0.6) is 0 Å². The smallest absolute Gasteiger partial charge is 0.319 e. The van der Waals surface area contributed by atoms with E-state index >= 15 is 0 Å². The Hall–Kier alpha value is -2.73. The molecule has 0 unspecified atom stereocenters. The molecule has 0 bridgehead atoms. The molecule has 2 aromatic carbocycles. The van der Waals surface area contributed by atoms with Gasteiger partial charge < -0.3 is 10.6 Å². The van der Waals surface area contributed by atoms with Gasteiger partial charge in [0.1, 0.15) is 10.8 Å². The fourth-order valence-corrected chi connectivity index (χ4v) is 3.63. The highest BCUT2D eigenvalue weighted by Gasteiger charge is 2.10. The van der Waals surface area contributed by atoms with Crippen LogP contribution in [0, 0.1) is 19.7 Å². The van der Waals surface area contributed by atoms with Crippen LogP contribution in [0.1, 0.15) is 16.1 Å². The van der Waals surface area contributed by atoms with Crippen LogP contribution in [0.3, 0.4) is 0 Å². The van der Waals surface area contributed by atoms with Gasteiger partial charge in [-0.2, -0.15) is 0 Å². The van der Waals surface area contributed by atoms with Gasteiger partial charge in [0.2, 0.25) is 0 Å². The van der Waals surface area contributed by atoms with Gasteiger partial charge in [-0.05, 0) is 55.8 Å². The van der Waals surface area contributed by atoms with Gasteiger partial charge in [-0.25, -0.2) is 14.2 Å². The molecule has 0 fully saturated rings. The SMILES string of the molecule is Cc1cccc(NC(=O)NCCc2sc(-c3ccc(F)cc3)nc2C)c1. The number of rotatable bonds is 5. The average Bonchev–Trinajstić information content (AvgIpc) is 2.96. The molecular weight excluding hydrogens is 349 g/mol. The lowest BCUT2D eigenvalue weighted by molar-refractivity contribution is 0.252. The molecule has 0 atom stereocenters. The molecule has 0 spiro atoms. The number of carbonyl (C=O) groups excluding carboxylic acids is 1. The zero-order valence-corrected chi connectivity index (χ0v) is 15.5. The van der Waals surface area contributed by atoms with Crippen LogP contribution in [0.15, 0.2) is 48.5 Å². The molecular formula is C20H20FN3OS. The third-order valence-electron chi connectivity index (χ3n) is 3.90. The summed E-state index contributed by atoms with van der Waals surface area (Å²) >= 11 is 1.57. The van der Waals surface area contributed by atoms with E-state index in [4.69, 9.17) is 0 Å². The standard InChI is InChI=1S/C20H20FN3OS/c1-13-4-3-5-17(12-13)24-20(25)22-11-10-18-14(2)23-19(26-18)15-6-8-16(21)9-7-15/h3-9,12H,10-11H2,1-2H3,(H2,22,24,25). The van der Waals surface area contributed by atoms with Crippen molar-refractivity contribution in [3.05, 3.63) is 70.5 Å². The van der Waals surface area contributed by atoms with Crippen LogP contribution >= 0.6 is 11.3 Å². The van der Waals surface area contributed by atoms with Crippen molar-refractivity contribution in [3.63, 3.8) is 0 Å². The molecule has 0 aliphatic carbocycles. The van der Waals surface area contributed by atoms with Gasteiger partial charge in [0.05, 0.1) is 5.69 Å². The highest BCUT2D eigenvalue weighted by Crippen LogP contribution is 2.28. The number of halogens is 1. The molecule has 0 aliphatic heterocycles. The van der Waals surface area contributed by atoms with Gasteiger partial charge in [0.15, 0.2) is 0 Å². The maximum atomic E-state index is 13.0. The van der Waals surface area contributed by atoms with Gasteiger partial charge in [-0.15, -0.1) is 11.3 Å². The Morgan fingerprint density at radius 1 is 1.15 bits per heavy atom. The maximum Gasteiger partial charge on any atom is 0.319 e. The van der Waals surface area contributed by atoms with Gasteiger partial charge in [0.25, 0.3) is 0 Å². The average molecular weight is 369 g/mol. The summed E-state index contributed by atoms with van der Waals surface area (Å²) in [5, 5.41) is 6.55. The predicted molar refractivity (Wildman–Crippen MR) is 104 cm³/mol. The Bertz CT molecular complexity index is 906. The molecule has 2 amide bonds. The largest absolute Gasteiger partial charge is 0.338 e. The second-order valence-corrected chi connectivity index (χ2v) is 7.12. The number of hydrogen-bond donors (Lipinski definition) is 2. The van der Waals surface area contributed by atoms with Gasteiger partial charge in [-0.3, -0.25) is 0 Å². The zero-order chi connectivity index (χ0) is 18.5. The molecule has 134 valence electrons. The van der Waals surface area contributed by atoms with Crippen molar-refractivity contribution in [2.75, 3.05) is 11.9 Å². The highest BCUT2D eigenvalue weighted by atomic mass is 32.1. The van der Waals surface area contributed by atoms with E-state index in [1.807, 2.05) is 38.1 Å². The monoisotopic (exact) mass is 369 g/mol. The van der Waals surface area contributed by atoms with Crippen molar-refractivity contribution in [1.29, 1.82) is 0 Å². The van der Waals surface area contributed by atoms with E-state index in [9.17, 15) is 9.18 Å². The molecule has 0 aliphatic rings. The van der Waals surface area contributed by atoms with Crippen molar-refractivity contribution >= 4 is 23.1 Å². The minimum atomic E-state index is -0.258. The van der Waals surface area contributed by atoms with E-state index in [2.05, 4.69) is 15.6 Å². The number of aromatic nitrogens is 1. The summed E-state index contributed by atoms with van der Waals surface area (Å²) in [4.78, 5) is 17.7. The van der Waals surface area contributed by atoms with Crippen molar-refractivity contribution < 1.29 is 9.18 Å². The molecule has 0 radical (unpaired) electrons. The van der Waals surface area contributed by atoms with Crippen LogP contribution < -0.4 is 10.6 Å². The normalized spacial score (nSPS) is 10.6. The number of nitrogens with zero attached hydrogens (tertiary/aromatic N) is 1. The van der Waals surface area contributed by atoms with E-state index in [0.717, 1.165) is 32.4 Å². The number of nitrogens with one attached hydrogen (secondary N) is 2. The highest BCUT2D eigenvalue weighted by molar-refractivity contribution is 7.15. The fourth-order valence-electron chi connectivity index (χ4n) is 2.56. The second kappa shape index (κ2) is 8.10. The zero-order valence-electron chi connectivity index (χ0n) is 14.7. The maximum absolute atomic E-state index is 13.0. The summed E-state index contributed by atoms with van der Waals surface area (Å²) in [6.45, 7) is 4.45. The topological polar surface area (TPSA) is 54.0 Å². The predicted octanol–water partition coefficient (Wildman–Crippen LogP) is 4.93. The van der Waals surface area contributed by atoms with Crippen molar-refractivity contribution in [3.8, 4) is 10.6 Å². The molecule has 0 saturated carbocycles. The van der Waals surface area contributed by atoms with Crippen LogP contribution in [0.2, 0.25) is 0 Å². The number of carbonyl (C=O) groups is 1. The van der Waals surface area contributed by atoms with E-state index in [0.29, 0.717) is 13.0 Å². The van der Waals surface area contributed by atoms with Crippen molar-refractivity contribution in [1.82, 2.24) is 10.3 Å². The Balaban J connectivity index is 1.55. The first-order chi connectivity index (χ1) is 12.5. The van der Waals surface area contributed by atoms with E-state index in [1.54, 1.807) is 23.5 Å². The van der Waals surface area contributed by atoms with Gasteiger partial charge >= 0.3 is 6.03 Å². The molecule has 26 heavy (non-hydrogen) atoms. The molecule has 4 nitrogen and oxygen atoms in total. The number of benzene rings is 2. The minimum absolute atomic E-state index is 0.225. The van der Waals surface area contributed by atoms with Gasteiger partial charge in [-0.1, -0.05) is 12.1 Å². The van der Waals surface area contributed by atoms with E-state index in [-0.39, 0.29) is 11.8 Å². The fraction of sp³-hybridized carbons (Fsp3) is 0.200. The minimum Gasteiger partial charge on any atom is -0.338 e. The summed E-state index contributed by atoms with van der Waals surface area (Å²) in [6.07, 6.45) is 0.700. The summed E-state index contributed by atoms with van der Waals surface area (Å²) in [7, 11) is 0. The summed E-state index contributed by atoms with van der Waals surface area (Å²) < 4.78 is 13.0. The molecule has 1 aromatic heterocycles. The van der Waals surface area contributed by atoms with Crippen molar-refractivity contribution in [2.45, 2.75) is 20.3 Å². The third-order valence-corrected chi connectivity index (χ3v) is 5.16. The second-order valence-electron chi connectivity index (χ2n) is 6.03. The number of urea groups is 1. The van der Waals surface area contributed by atoms with Crippen LogP contribution in [0.4, 0.5) is 14.9 Å². The number of amides is 2. The Labute approximate surface area is 156 Å². The first-order valence-corrected chi connectivity index (χ1v) is 9.16. The quantitative estimate of drug-likeness (QED) is 0.670. The Morgan fingerprint density at radius 3 is 2.65 bits per heavy atom. The lowest BCUT2D eigenvalue weighted by Crippen LogP contribution is -2.30. The summed E-state index contributed by atoms with van der Waals surface area (Å²) in [5.74, 6) is -0.258. The Kier molecular flexibility index (Phi) is 5.63. The molecule has 6 heteroatoms. The molecule has 3 aromatic rings. The molecule has 1 heterocycles. The lowest BCUT2D eigenvalue weighted by Gasteiger charge is -2.07.